The fourth-order valence-corrected chi connectivity index (χ4v) is 2.34. The van der Waals surface area contributed by atoms with Gasteiger partial charge in [0.05, 0.1) is 5.16 Å². The number of isothiocyanates is 1. The third-order valence-electron chi connectivity index (χ3n) is 3.29. The Morgan fingerprint density at radius 3 is 2.20 bits per heavy atom. The highest BCUT2D eigenvalue weighted by Crippen LogP contribution is 2.30. The van der Waals surface area contributed by atoms with E-state index in [1.807, 2.05) is 67.6 Å². The Balaban J connectivity index is 2.31. The molecule has 100 valence electrons. The zero-order valence-electron chi connectivity index (χ0n) is 11.2. The minimum atomic E-state index is -0.671. The van der Waals surface area contributed by atoms with Crippen LogP contribution in [0.15, 0.2) is 65.7 Å². The number of aliphatic imine (C=N–C) groups is 1. The van der Waals surface area contributed by atoms with Crippen LogP contribution in [0.4, 0.5) is 0 Å². The Morgan fingerprint density at radius 2 is 1.65 bits per heavy atom. The smallest absolute Gasteiger partial charge is 0.165 e. The quantitative estimate of drug-likeness (QED) is 0.465. The molecule has 0 spiro atoms. The molecule has 0 aliphatic carbocycles. The molecule has 0 bridgehead atoms. The normalized spacial score (nSPS) is 13.1. The minimum Gasteiger partial charge on any atom is -0.294 e. The number of carbonyl (C=O) groups is 1. The van der Waals surface area contributed by atoms with Crippen molar-refractivity contribution < 1.29 is 4.79 Å². The molecule has 0 N–H and O–H groups in total. The van der Waals surface area contributed by atoms with E-state index in [4.69, 9.17) is 12.2 Å². The number of carbonyl (C=O) groups excluding carboxylic acids is 1. The topological polar surface area (TPSA) is 29.4 Å². The number of benzene rings is 2. The van der Waals surface area contributed by atoms with Crippen LogP contribution in [0.2, 0.25) is 0 Å². The average molecular weight is 281 g/mol. The van der Waals surface area contributed by atoms with Gasteiger partial charge in [0.25, 0.3) is 0 Å². The van der Waals surface area contributed by atoms with Crippen LogP contribution in [-0.2, 0) is 5.54 Å². The van der Waals surface area contributed by atoms with Crippen molar-refractivity contribution in [2.45, 2.75) is 18.9 Å². The van der Waals surface area contributed by atoms with Crippen LogP contribution in [0, 0.1) is 0 Å². The number of ketones is 1. The molecule has 3 heteroatoms. The van der Waals surface area contributed by atoms with E-state index in [0.29, 0.717) is 5.56 Å². The number of rotatable bonds is 5. The van der Waals surface area contributed by atoms with E-state index in [9.17, 15) is 4.79 Å². The maximum absolute atomic E-state index is 12.4. The van der Waals surface area contributed by atoms with E-state index in [2.05, 4.69) is 10.2 Å². The second-order valence-corrected chi connectivity index (χ2v) is 4.99. The van der Waals surface area contributed by atoms with Crippen LogP contribution in [0.5, 0.6) is 0 Å². The molecule has 0 fully saturated rings. The highest BCUT2D eigenvalue weighted by Gasteiger charge is 2.29. The van der Waals surface area contributed by atoms with Crippen molar-refractivity contribution in [1.82, 2.24) is 0 Å². The molecule has 2 aromatic rings. The van der Waals surface area contributed by atoms with Crippen molar-refractivity contribution in [3.05, 3.63) is 71.8 Å². The Morgan fingerprint density at radius 1 is 1.10 bits per heavy atom. The molecule has 0 radical (unpaired) electrons. The molecular formula is C17H15NOS. The largest absolute Gasteiger partial charge is 0.294 e. The molecule has 0 saturated heterocycles. The van der Waals surface area contributed by atoms with Gasteiger partial charge in [-0.05, 0) is 24.7 Å². The summed E-state index contributed by atoms with van der Waals surface area (Å²) < 4.78 is 0. The molecule has 20 heavy (non-hydrogen) atoms. The third kappa shape index (κ3) is 3.27. The Kier molecular flexibility index (Phi) is 4.57. The van der Waals surface area contributed by atoms with Crippen LogP contribution >= 0.6 is 12.2 Å². The lowest BCUT2D eigenvalue weighted by Crippen LogP contribution is -2.23. The molecular weight excluding hydrogens is 266 g/mol. The molecule has 0 heterocycles. The van der Waals surface area contributed by atoms with Crippen LogP contribution < -0.4 is 0 Å². The summed E-state index contributed by atoms with van der Waals surface area (Å²) in [6, 6.07) is 18.9. The van der Waals surface area contributed by atoms with Gasteiger partial charge in [-0.2, -0.15) is 0 Å². The lowest BCUT2D eigenvalue weighted by Gasteiger charge is -2.23. The van der Waals surface area contributed by atoms with E-state index >= 15 is 0 Å². The summed E-state index contributed by atoms with van der Waals surface area (Å²) in [5, 5.41) is 2.42. The van der Waals surface area contributed by atoms with E-state index in [1.165, 1.54) is 0 Å². The van der Waals surface area contributed by atoms with Gasteiger partial charge in [0, 0.05) is 12.0 Å². The molecule has 2 aromatic carbocycles. The van der Waals surface area contributed by atoms with Crippen molar-refractivity contribution >= 4 is 23.2 Å². The Labute approximate surface area is 124 Å². The first kappa shape index (κ1) is 14.3. The summed E-state index contributed by atoms with van der Waals surface area (Å²) >= 11 is 4.74. The standard InChI is InChI=1S/C17H15NOS/c1-17(18-13-20,15-10-6-3-7-11-15)12-16(19)14-8-4-2-5-9-14/h2-11H,12H2,1H3/t17-/m0/s1. The first-order valence-corrected chi connectivity index (χ1v) is 6.79. The van der Waals surface area contributed by atoms with Gasteiger partial charge in [0.2, 0.25) is 0 Å². The highest BCUT2D eigenvalue weighted by atomic mass is 32.1. The molecule has 0 amide bonds. The second-order valence-electron chi connectivity index (χ2n) is 4.81. The molecule has 2 nitrogen and oxygen atoms in total. The maximum atomic E-state index is 12.4. The number of thiocarbonyl (C=S) groups is 1. The molecule has 2 rings (SSSR count). The predicted octanol–water partition coefficient (Wildman–Crippen LogP) is 4.28. The lowest BCUT2D eigenvalue weighted by molar-refractivity contribution is 0.0956. The van der Waals surface area contributed by atoms with Crippen LogP contribution in [0.1, 0.15) is 29.3 Å². The maximum Gasteiger partial charge on any atom is 0.165 e. The third-order valence-corrected chi connectivity index (χ3v) is 3.38. The van der Waals surface area contributed by atoms with Gasteiger partial charge in [-0.25, -0.2) is 4.99 Å². The lowest BCUT2D eigenvalue weighted by atomic mass is 9.86. The molecule has 0 saturated carbocycles. The zero-order valence-corrected chi connectivity index (χ0v) is 12.1. The van der Waals surface area contributed by atoms with Crippen molar-refractivity contribution in [2.75, 3.05) is 0 Å². The van der Waals surface area contributed by atoms with Gasteiger partial charge in [-0.15, -0.1) is 0 Å². The number of Topliss-reactive ketones (excluding diaryl/α,β-unsaturated/α-hetero) is 1. The molecule has 0 aromatic heterocycles. The summed E-state index contributed by atoms with van der Waals surface area (Å²) in [5.74, 6) is 0.0472. The van der Waals surface area contributed by atoms with Crippen LogP contribution in [-0.4, -0.2) is 10.9 Å². The van der Waals surface area contributed by atoms with Gasteiger partial charge in [0.15, 0.2) is 5.78 Å². The van der Waals surface area contributed by atoms with Crippen molar-refractivity contribution in [2.24, 2.45) is 4.99 Å². The van der Waals surface area contributed by atoms with Crippen molar-refractivity contribution in [3.63, 3.8) is 0 Å². The molecule has 1 atom stereocenters. The van der Waals surface area contributed by atoms with Crippen LogP contribution in [0.3, 0.4) is 0 Å². The van der Waals surface area contributed by atoms with Gasteiger partial charge >= 0.3 is 0 Å². The summed E-state index contributed by atoms with van der Waals surface area (Å²) in [6.07, 6.45) is 0.269. The Hall–Kier alpha value is -2.09. The van der Waals surface area contributed by atoms with Crippen molar-refractivity contribution in [1.29, 1.82) is 0 Å². The second kappa shape index (κ2) is 6.38. The van der Waals surface area contributed by atoms with Gasteiger partial charge in [-0.1, -0.05) is 60.7 Å². The SMILES string of the molecule is C[C@@](CC(=O)c1ccccc1)(N=C=S)c1ccccc1. The fourth-order valence-electron chi connectivity index (χ4n) is 2.14. The van der Waals surface area contributed by atoms with Gasteiger partial charge in [0.1, 0.15) is 5.54 Å². The molecule has 0 unspecified atom stereocenters. The monoisotopic (exact) mass is 281 g/mol. The van der Waals surface area contributed by atoms with E-state index < -0.39 is 5.54 Å². The van der Waals surface area contributed by atoms with E-state index in [0.717, 1.165) is 5.56 Å². The predicted molar refractivity (Wildman–Crippen MR) is 84.2 cm³/mol. The summed E-state index contributed by atoms with van der Waals surface area (Å²) in [7, 11) is 0. The average Bonchev–Trinajstić information content (AvgIpc) is 2.49. The first-order chi connectivity index (χ1) is 9.65. The summed E-state index contributed by atoms with van der Waals surface area (Å²) in [6.45, 7) is 1.91. The minimum absolute atomic E-state index is 0.0472. The van der Waals surface area contributed by atoms with E-state index in [1.54, 1.807) is 0 Å². The van der Waals surface area contributed by atoms with Gasteiger partial charge < -0.3 is 0 Å². The number of hydrogen-bond donors (Lipinski definition) is 0. The highest BCUT2D eigenvalue weighted by molar-refractivity contribution is 7.78. The number of nitrogens with zero attached hydrogens (tertiary/aromatic N) is 1. The molecule has 0 aliphatic rings. The summed E-state index contributed by atoms with van der Waals surface area (Å²) in [5.41, 5.74) is 0.978. The number of hydrogen-bond acceptors (Lipinski definition) is 3. The van der Waals surface area contributed by atoms with Crippen molar-refractivity contribution in [3.8, 4) is 0 Å². The Bertz CT molecular complexity index is 633. The zero-order chi connectivity index (χ0) is 14.4. The van der Waals surface area contributed by atoms with Gasteiger partial charge in [-0.3, -0.25) is 4.79 Å². The fraction of sp³-hybridized carbons (Fsp3) is 0.176. The van der Waals surface area contributed by atoms with Crippen LogP contribution in [0.25, 0.3) is 0 Å². The first-order valence-electron chi connectivity index (χ1n) is 6.38. The summed E-state index contributed by atoms with van der Waals surface area (Å²) in [4.78, 5) is 16.6. The van der Waals surface area contributed by atoms with E-state index in [-0.39, 0.29) is 12.2 Å². The molecule has 0 aliphatic heterocycles.